The molecule has 1 N–H and O–H groups in total. The summed E-state index contributed by atoms with van der Waals surface area (Å²) in [5.74, 6) is -0.0469. The van der Waals surface area contributed by atoms with Crippen molar-refractivity contribution in [1.82, 2.24) is 0 Å². The zero-order chi connectivity index (χ0) is 11.5. The van der Waals surface area contributed by atoms with Crippen molar-refractivity contribution in [2.45, 2.75) is 20.0 Å². The van der Waals surface area contributed by atoms with Gasteiger partial charge in [-0.2, -0.15) is 8.42 Å². The highest BCUT2D eigenvalue weighted by molar-refractivity contribution is 7.80. The first kappa shape index (κ1) is 12.2. The third-order valence-electron chi connectivity index (χ3n) is 1.96. The van der Waals surface area contributed by atoms with E-state index in [2.05, 4.69) is 4.18 Å². The molecule has 1 aromatic rings. The monoisotopic (exact) mass is 230 g/mol. The summed E-state index contributed by atoms with van der Waals surface area (Å²) < 4.78 is 34.6. The van der Waals surface area contributed by atoms with Gasteiger partial charge >= 0.3 is 10.4 Å². The van der Waals surface area contributed by atoms with Crippen molar-refractivity contribution in [3.05, 3.63) is 35.9 Å². The van der Waals surface area contributed by atoms with Crippen LogP contribution in [0.3, 0.4) is 0 Å². The van der Waals surface area contributed by atoms with Gasteiger partial charge in [0.1, 0.15) is 6.10 Å². The summed E-state index contributed by atoms with van der Waals surface area (Å²) in [6, 6.07) is 8.93. The fourth-order valence-electron chi connectivity index (χ4n) is 1.33. The Morgan fingerprint density at radius 1 is 1.20 bits per heavy atom. The molecular formula is C10H14O4S. The molecule has 0 fully saturated rings. The van der Waals surface area contributed by atoms with Crippen LogP contribution < -0.4 is 0 Å². The van der Waals surface area contributed by atoms with Crippen molar-refractivity contribution in [3.8, 4) is 0 Å². The van der Waals surface area contributed by atoms with Crippen molar-refractivity contribution in [3.63, 3.8) is 0 Å². The lowest BCUT2D eigenvalue weighted by Crippen LogP contribution is -2.15. The molecule has 1 rings (SSSR count). The second-order valence-corrected chi connectivity index (χ2v) is 4.65. The van der Waals surface area contributed by atoms with Crippen molar-refractivity contribution < 1.29 is 17.2 Å². The van der Waals surface area contributed by atoms with Crippen LogP contribution in [0.1, 0.15) is 25.5 Å². The fourth-order valence-corrected chi connectivity index (χ4v) is 1.92. The van der Waals surface area contributed by atoms with Gasteiger partial charge in [0.05, 0.1) is 0 Å². The minimum atomic E-state index is -4.42. The van der Waals surface area contributed by atoms with E-state index in [4.69, 9.17) is 4.55 Å². The van der Waals surface area contributed by atoms with Gasteiger partial charge in [-0.3, -0.25) is 4.55 Å². The Balaban J connectivity index is 2.95. The highest BCUT2D eigenvalue weighted by Crippen LogP contribution is 2.26. The van der Waals surface area contributed by atoms with Gasteiger partial charge < -0.3 is 0 Å². The summed E-state index contributed by atoms with van der Waals surface area (Å²) in [4.78, 5) is 0. The second-order valence-electron chi connectivity index (χ2n) is 3.60. The van der Waals surface area contributed by atoms with Crippen LogP contribution in [0, 0.1) is 5.92 Å². The minimum absolute atomic E-state index is 0.0469. The molecule has 1 aromatic carbocycles. The third kappa shape index (κ3) is 3.99. The van der Waals surface area contributed by atoms with E-state index in [1.807, 2.05) is 19.9 Å². The minimum Gasteiger partial charge on any atom is -0.264 e. The maximum atomic E-state index is 10.7. The normalized spacial score (nSPS) is 14.1. The Hall–Kier alpha value is -0.910. The quantitative estimate of drug-likeness (QED) is 0.805. The predicted octanol–water partition coefficient (Wildman–Crippen LogP) is 2.20. The van der Waals surface area contributed by atoms with Gasteiger partial charge in [-0.15, -0.1) is 0 Å². The second kappa shape index (κ2) is 4.74. The first-order chi connectivity index (χ1) is 6.90. The predicted molar refractivity (Wildman–Crippen MR) is 56.7 cm³/mol. The fraction of sp³-hybridized carbons (Fsp3) is 0.400. The standard InChI is InChI=1S/C10H14O4S/c1-8(2)10(14-15(11,12)13)9-6-4-3-5-7-9/h3-8,10H,1-2H3,(H,11,12,13). The van der Waals surface area contributed by atoms with E-state index in [-0.39, 0.29) is 5.92 Å². The van der Waals surface area contributed by atoms with Gasteiger partial charge in [0.25, 0.3) is 0 Å². The lowest BCUT2D eigenvalue weighted by molar-refractivity contribution is 0.140. The molecule has 0 spiro atoms. The lowest BCUT2D eigenvalue weighted by atomic mass is 9.99. The smallest absolute Gasteiger partial charge is 0.264 e. The Kier molecular flexibility index (Phi) is 3.84. The van der Waals surface area contributed by atoms with Crippen LogP contribution in [0.15, 0.2) is 30.3 Å². The molecule has 84 valence electrons. The number of benzene rings is 1. The maximum Gasteiger partial charge on any atom is 0.397 e. The van der Waals surface area contributed by atoms with Crippen LogP contribution in [0.4, 0.5) is 0 Å². The molecule has 0 amide bonds. The molecule has 15 heavy (non-hydrogen) atoms. The van der Waals surface area contributed by atoms with Crippen LogP contribution in [-0.4, -0.2) is 13.0 Å². The first-order valence-corrected chi connectivity index (χ1v) is 5.97. The van der Waals surface area contributed by atoms with Gasteiger partial charge in [-0.1, -0.05) is 44.2 Å². The van der Waals surface area contributed by atoms with Gasteiger partial charge in [0.2, 0.25) is 0 Å². The third-order valence-corrected chi connectivity index (χ3v) is 2.41. The Morgan fingerprint density at radius 3 is 2.13 bits per heavy atom. The molecule has 0 aromatic heterocycles. The topological polar surface area (TPSA) is 63.6 Å². The van der Waals surface area contributed by atoms with Crippen LogP contribution in [-0.2, 0) is 14.6 Å². The van der Waals surface area contributed by atoms with Crippen molar-refractivity contribution in [2.24, 2.45) is 5.92 Å². The van der Waals surface area contributed by atoms with Gasteiger partial charge in [0, 0.05) is 0 Å². The molecule has 0 heterocycles. The SMILES string of the molecule is CC(C)C(OS(=O)(=O)O)c1ccccc1. The van der Waals surface area contributed by atoms with E-state index in [1.54, 1.807) is 24.3 Å². The number of hydrogen-bond donors (Lipinski definition) is 1. The highest BCUT2D eigenvalue weighted by atomic mass is 32.3. The van der Waals surface area contributed by atoms with Crippen LogP contribution in [0.5, 0.6) is 0 Å². The zero-order valence-electron chi connectivity index (χ0n) is 8.62. The number of hydrogen-bond acceptors (Lipinski definition) is 3. The van der Waals surface area contributed by atoms with Crippen molar-refractivity contribution in [1.29, 1.82) is 0 Å². The van der Waals surface area contributed by atoms with Crippen molar-refractivity contribution in [2.75, 3.05) is 0 Å². The summed E-state index contributed by atoms with van der Waals surface area (Å²) in [5.41, 5.74) is 0.727. The molecule has 0 aliphatic heterocycles. The van der Waals surface area contributed by atoms with Crippen LogP contribution in [0.2, 0.25) is 0 Å². The zero-order valence-corrected chi connectivity index (χ0v) is 9.44. The molecule has 5 heteroatoms. The summed E-state index contributed by atoms with van der Waals surface area (Å²) in [7, 11) is -4.42. The molecule has 1 unspecified atom stereocenters. The Bertz CT molecular complexity index is 397. The summed E-state index contributed by atoms with van der Waals surface area (Å²) >= 11 is 0. The van der Waals surface area contributed by atoms with E-state index in [1.165, 1.54) is 0 Å². The molecule has 0 aliphatic carbocycles. The molecule has 0 radical (unpaired) electrons. The van der Waals surface area contributed by atoms with Crippen LogP contribution >= 0.6 is 0 Å². The molecule has 1 atom stereocenters. The molecule has 0 bridgehead atoms. The summed E-state index contributed by atoms with van der Waals surface area (Å²) in [5, 5.41) is 0. The Labute approximate surface area is 89.8 Å². The molecule has 4 nitrogen and oxygen atoms in total. The average Bonchev–Trinajstić information content (AvgIpc) is 2.14. The molecule has 0 saturated heterocycles. The molecular weight excluding hydrogens is 216 g/mol. The van der Waals surface area contributed by atoms with Crippen LogP contribution in [0.25, 0.3) is 0 Å². The average molecular weight is 230 g/mol. The molecule has 0 aliphatic rings. The largest absolute Gasteiger partial charge is 0.397 e. The highest BCUT2D eigenvalue weighted by Gasteiger charge is 2.22. The van der Waals surface area contributed by atoms with E-state index < -0.39 is 16.5 Å². The Morgan fingerprint density at radius 2 is 1.73 bits per heavy atom. The van der Waals surface area contributed by atoms with E-state index in [0.29, 0.717) is 0 Å². The van der Waals surface area contributed by atoms with E-state index in [9.17, 15) is 8.42 Å². The van der Waals surface area contributed by atoms with Gasteiger partial charge in [-0.05, 0) is 11.5 Å². The van der Waals surface area contributed by atoms with Crippen molar-refractivity contribution >= 4 is 10.4 Å². The maximum absolute atomic E-state index is 10.7. The lowest BCUT2D eigenvalue weighted by Gasteiger charge is -2.19. The summed E-state index contributed by atoms with van der Waals surface area (Å²) in [6.45, 7) is 3.64. The van der Waals surface area contributed by atoms with Gasteiger partial charge in [-0.25, -0.2) is 4.18 Å². The molecule has 0 saturated carbocycles. The van der Waals surface area contributed by atoms with Gasteiger partial charge in [0.15, 0.2) is 0 Å². The first-order valence-electron chi connectivity index (χ1n) is 4.61. The van der Waals surface area contributed by atoms with E-state index >= 15 is 0 Å². The summed E-state index contributed by atoms with van der Waals surface area (Å²) in [6.07, 6.45) is -0.652. The van der Waals surface area contributed by atoms with E-state index in [0.717, 1.165) is 5.56 Å². The number of rotatable bonds is 4.